The molecular weight excluding hydrogens is 388 g/mol. The number of ether oxygens (including phenoxy) is 2. The minimum atomic E-state index is -0.525. The van der Waals surface area contributed by atoms with Crippen LogP contribution in [0.2, 0.25) is 0 Å². The summed E-state index contributed by atoms with van der Waals surface area (Å²) in [5, 5.41) is 2.73. The van der Waals surface area contributed by atoms with Gasteiger partial charge >= 0.3 is 6.09 Å². The average Bonchev–Trinajstić information content (AvgIpc) is 3.33. The standard InChI is InChI=1S/C21H20N4O3S/c1-13-4-6-16(20(8-13)27-3)17-10-15(29-24-17)11-28-21(26)23-14-5-7-19-18(9-14)22-12-25(19)2/h4-10,12H,11H2,1-3H3,(H,23,26). The molecule has 0 saturated carbocycles. The van der Waals surface area contributed by atoms with Crippen LogP contribution in [-0.4, -0.2) is 27.1 Å². The first kappa shape index (κ1) is 18.9. The van der Waals surface area contributed by atoms with Crippen LogP contribution in [0.25, 0.3) is 22.3 Å². The Hall–Kier alpha value is -3.39. The van der Waals surface area contributed by atoms with Crippen molar-refractivity contribution in [3.8, 4) is 17.0 Å². The molecule has 1 amide bonds. The molecule has 4 aromatic rings. The van der Waals surface area contributed by atoms with E-state index in [0.717, 1.165) is 38.5 Å². The topological polar surface area (TPSA) is 78.3 Å². The van der Waals surface area contributed by atoms with Gasteiger partial charge < -0.3 is 14.0 Å². The lowest BCUT2D eigenvalue weighted by Crippen LogP contribution is -2.13. The maximum atomic E-state index is 12.1. The molecule has 0 atom stereocenters. The lowest BCUT2D eigenvalue weighted by atomic mass is 10.1. The van der Waals surface area contributed by atoms with Crippen molar-refractivity contribution in [3.63, 3.8) is 0 Å². The monoisotopic (exact) mass is 408 g/mol. The number of nitrogens with one attached hydrogen (secondary N) is 1. The molecule has 29 heavy (non-hydrogen) atoms. The summed E-state index contributed by atoms with van der Waals surface area (Å²) < 4.78 is 17.2. The highest BCUT2D eigenvalue weighted by Crippen LogP contribution is 2.31. The number of benzene rings is 2. The third kappa shape index (κ3) is 4.07. The van der Waals surface area contributed by atoms with E-state index in [9.17, 15) is 4.79 Å². The van der Waals surface area contributed by atoms with Gasteiger partial charge in [0.2, 0.25) is 0 Å². The van der Waals surface area contributed by atoms with Crippen molar-refractivity contribution in [2.45, 2.75) is 13.5 Å². The normalized spacial score (nSPS) is 10.9. The van der Waals surface area contributed by atoms with Crippen LogP contribution in [0.5, 0.6) is 5.75 Å². The number of carbonyl (C=O) groups is 1. The van der Waals surface area contributed by atoms with Gasteiger partial charge in [-0.1, -0.05) is 6.07 Å². The summed E-state index contributed by atoms with van der Waals surface area (Å²) in [5.41, 5.74) is 5.26. The molecule has 2 heterocycles. The molecule has 0 aliphatic heterocycles. The maximum Gasteiger partial charge on any atom is 0.411 e. The van der Waals surface area contributed by atoms with E-state index in [1.54, 1.807) is 13.4 Å². The van der Waals surface area contributed by atoms with E-state index >= 15 is 0 Å². The number of aromatic nitrogens is 3. The molecule has 7 nitrogen and oxygen atoms in total. The predicted octanol–water partition coefficient (Wildman–Crippen LogP) is 4.76. The number of carbonyl (C=O) groups excluding carboxylic acids is 1. The largest absolute Gasteiger partial charge is 0.496 e. The lowest BCUT2D eigenvalue weighted by Gasteiger charge is -2.07. The molecule has 0 saturated heterocycles. The predicted molar refractivity (Wildman–Crippen MR) is 113 cm³/mol. The highest BCUT2D eigenvalue weighted by atomic mass is 32.1. The van der Waals surface area contributed by atoms with Gasteiger partial charge in [-0.3, -0.25) is 5.32 Å². The molecule has 0 aliphatic carbocycles. The summed E-state index contributed by atoms with van der Waals surface area (Å²) in [6, 6.07) is 13.4. The van der Waals surface area contributed by atoms with Crippen molar-refractivity contribution < 1.29 is 14.3 Å². The van der Waals surface area contributed by atoms with Crippen LogP contribution in [0.3, 0.4) is 0 Å². The zero-order valence-electron chi connectivity index (χ0n) is 16.3. The summed E-state index contributed by atoms with van der Waals surface area (Å²) in [5.74, 6) is 0.769. The first-order chi connectivity index (χ1) is 14.0. The number of aryl methyl sites for hydroxylation is 2. The molecule has 4 rings (SSSR count). The first-order valence-electron chi connectivity index (χ1n) is 8.99. The Balaban J connectivity index is 1.39. The molecule has 2 aromatic carbocycles. The van der Waals surface area contributed by atoms with Gasteiger partial charge in [-0.05, 0) is 60.4 Å². The quantitative estimate of drug-likeness (QED) is 0.515. The van der Waals surface area contributed by atoms with Crippen molar-refractivity contribution in [3.05, 3.63) is 59.2 Å². The van der Waals surface area contributed by atoms with Gasteiger partial charge in [-0.25, -0.2) is 9.78 Å². The molecule has 0 unspecified atom stereocenters. The molecule has 0 fully saturated rings. The summed E-state index contributed by atoms with van der Waals surface area (Å²) >= 11 is 1.30. The van der Waals surface area contributed by atoms with Gasteiger partial charge in [-0.2, -0.15) is 4.37 Å². The Labute approximate surface area is 172 Å². The Bertz CT molecular complexity index is 1180. The van der Waals surface area contributed by atoms with Crippen molar-refractivity contribution >= 4 is 34.3 Å². The van der Waals surface area contributed by atoms with Crippen LogP contribution in [0.4, 0.5) is 10.5 Å². The summed E-state index contributed by atoms with van der Waals surface area (Å²) in [4.78, 5) is 17.3. The second-order valence-electron chi connectivity index (χ2n) is 6.64. The zero-order valence-corrected chi connectivity index (χ0v) is 17.1. The van der Waals surface area contributed by atoms with Crippen LogP contribution in [0.1, 0.15) is 10.4 Å². The van der Waals surface area contributed by atoms with E-state index in [2.05, 4.69) is 14.7 Å². The smallest absolute Gasteiger partial charge is 0.411 e. The molecule has 148 valence electrons. The van der Waals surface area contributed by atoms with Crippen molar-refractivity contribution in [1.29, 1.82) is 0 Å². The number of anilines is 1. The molecule has 0 bridgehead atoms. The third-order valence-corrected chi connectivity index (χ3v) is 5.27. The fourth-order valence-corrected chi connectivity index (χ4v) is 3.67. The average molecular weight is 408 g/mol. The van der Waals surface area contributed by atoms with Crippen molar-refractivity contribution in [2.24, 2.45) is 7.05 Å². The van der Waals surface area contributed by atoms with Crippen LogP contribution in [-0.2, 0) is 18.4 Å². The minimum absolute atomic E-state index is 0.142. The van der Waals surface area contributed by atoms with E-state index in [1.807, 2.05) is 61.0 Å². The molecule has 8 heteroatoms. The Morgan fingerprint density at radius 3 is 2.90 bits per heavy atom. The number of fused-ring (bicyclic) bond motifs is 1. The van der Waals surface area contributed by atoms with Gasteiger partial charge in [0.15, 0.2) is 0 Å². The number of hydrogen-bond acceptors (Lipinski definition) is 6. The number of amides is 1. The first-order valence-corrected chi connectivity index (χ1v) is 9.76. The van der Waals surface area contributed by atoms with Crippen LogP contribution in [0, 0.1) is 6.92 Å². The van der Waals surface area contributed by atoms with Gasteiger partial charge in [-0.15, -0.1) is 0 Å². The summed E-state index contributed by atoms with van der Waals surface area (Å²) in [7, 11) is 3.56. The van der Waals surface area contributed by atoms with Crippen molar-refractivity contribution in [1.82, 2.24) is 13.9 Å². The fourth-order valence-electron chi connectivity index (χ4n) is 3.02. The molecule has 1 N–H and O–H groups in total. The Kier molecular flexibility index (Phi) is 5.18. The molecule has 0 spiro atoms. The number of imidazole rings is 1. The van der Waals surface area contributed by atoms with Crippen LogP contribution < -0.4 is 10.1 Å². The third-order valence-electron chi connectivity index (χ3n) is 4.51. The van der Waals surface area contributed by atoms with E-state index < -0.39 is 6.09 Å². The van der Waals surface area contributed by atoms with E-state index in [1.165, 1.54) is 11.5 Å². The van der Waals surface area contributed by atoms with E-state index in [-0.39, 0.29) is 6.61 Å². The van der Waals surface area contributed by atoms with E-state index in [0.29, 0.717) is 5.69 Å². The zero-order chi connectivity index (χ0) is 20.4. The highest BCUT2D eigenvalue weighted by Gasteiger charge is 2.12. The van der Waals surface area contributed by atoms with Crippen LogP contribution in [0.15, 0.2) is 48.8 Å². The molecule has 0 aliphatic rings. The van der Waals surface area contributed by atoms with E-state index in [4.69, 9.17) is 9.47 Å². The van der Waals surface area contributed by atoms with Gasteiger partial charge in [0.1, 0.15) is 12.4 Å². The summed E-state index contributed by atoms with van der Waals surface area (Å²) in [6.07, 6.45) is 1.21. The fraction of sp³-hybridized carbons (Fsp3) is 0.190. The van der Waals surface area contributed by atoms with Crippen LogP contribution >= 0.6 is 11.5 Å². The van der Waals surface area contributed by atoms with Crippen molar-refractivity contribution in [2.75, 3.05) is 12.4 Å². The molecular formula is C21H20N4O3S. The summed E-state index contributed by atoms with van der Waals surface area (Å²) in [6.45, 7) is 2.15. The number of methoxy groups -OCH3 is 1. The van der Waals surface area contributed by atoms with Gasteiger partial charge in [0, 0.05) is 18.3 Å². The Morgan fingerprint density at radius 2 is 2.07 bits per heavy atom. The minimum Gasteiger partial charge on any atom is -0.496 e. The number of hydrogen-bond donors (Lipinski definition) is 1. The van der Waals surface area contributed by atoms with Gasteiger partial charge in [0.25, 0.3) is 0 Å². The molecule has 0 radical (unpaired) electrons. The number of nitrogens with zero attached hydrogens (tertiary/aromatic N) is 3. The lowest BCUT2D eigenvalue weighted by molar-refractivity contribution is 0.156. The second-order valence-corrected chi connectivity index (χ2v) is 7.53. The van der Waals surface area contributed by atoms with Gasteiger partial charge in [0.05, 0.1) is 35.0 Å². The second kappa shape index (κ2) is 7.92. The highest BCUT2D eigenvalue weighted by molar-refractivity contribution is 7.06. The molecule has 2 aromatic heterocycles. The Morgan fingerprint density at radius 1 is 1.21 bits per heavy atom. The SMILES string of the molecule is COc1cc(C)ccc1-c1cc(COC(=O)Nc2ccc3c(c2)ncn3C)sn1. The number of rotatable bonds is 5. The maximum absolute atomic E-state index is 12.1.